The van der Waals surface area contributed by atoms with Crippen LogP contribution < -0.4 is 0 Å². The largest absolute Gasteiger partial charge is 0.0991 e. The Hall–Kier alpha value is -1.04. The second kappa shape index (κ2) is 21.8. The predicted molar refractivity (Wildman–Crippen MR) is 174 cm³/mol. The minimum Gasteiger partial charge on any atom is -0.0991 e. The molecule has 4 atom stereocenters. The Morgan fingerprint density at radius 3 is 2.05 bits per heavy atom. The van der Waals surface area contributed by atoms with Crippen LogP contribution in [-0.4, -0.2) is 0 Å². The first-order valence-corrected chi connectivity index (χ1v) is 16.0. The summed E-state index contributed by atoms with van der Waals surface area (Å²) in [6.45, 7) is 31.9. The lowest BCUT2D eigenvalue weighted by atomic mass is 9.65. The van der Waals surface area contributed by atoms with Gasteiger partial charge in [0.25, 0.3) is 0 Å². The summed E-state index contributed by atoms with van der Waals surface area (Å²) in [7, 11) is 0. The molecule has 218 valence electrons. The molecule has 3 aliphatic rings. The van der Waals surface area contributed by atoms with E-state index in [2.05, 4.69) is 93.7 Å². The Bertz CT molecular complexity index is 617. The van der Waals surface area contributed by atoms with Crippen LogP contribution >= 0.6 is 0 Å². The molecule has 0 saturated heterocycles. The molecule has 0 spiro atoms. The fraction of sp³-hybridized carbons (Fsp3) is 0.784. The first-order chi connectivity index (χ1) is 17.4. The van der Waals surface area contributed by atoms with Crippen molar-refractivity contribution < 1.29 is 0 Å². The SMILES string of the molecule is C/C=C/CC1CCC2CCCCC12C.C=C/C=C1/CC(C)CCC1=C.CC.CC(C)(C)C.CCCCC. The van der Waals surface area contributed by atoms with Crippen LogP contribution in [0.1, 0.15) is 160 Å². The summed E-state index contributed by atoms with van der Waals surface area (Å²) < 4.78 is 0. The molecule has 4 unspecified atom stereocenters. The van der Waals surface area contributed by atoms with Gasteiger partial charge in [-0.15, -0.1) is 0 Å². The number of hydrogen-bond acceptors (Lipinski definition) is 0. The van der Waals surface area contributed by atoms with E-state index < -0.39 is 0 Å². The summed E-state index contributed by atoms with van der Waals surface area (Å²) in [5.41, 5.74) is 3.92. The van der Waals surface area contributed by atoms with Crippen LogP contribution in [0.4, 0.5) is 0 Å². The van der Waals surface area contributed by atoms with Crippen molar-refractivity contribution in [3.05, 3.63) is 48.6 Å². The highest BCUT2D eigenvalue weighted by Gasteiger charge is 2.46. The van der Waals surface area contributed by atoms with Gasteiger partial charge in [0.1, 0.15) is 0 Å². The minimum absolute atomic E-state index is 0.500. The molecule has 3 fully saturated rings. The van der Waals surface area contributed by atoms with Crippen molar-refractivity contribution >= 4 is 0 Å². The molecule has 0 radical (unpaired) electrons. The van der Waals surface area contributed by atoms with Crippen LogP contribution in [0.25, 0.3) is 0 Å². The van der Waals surface area contributed by atoms with Crippen molar-refractivity contribution in [2.45, 2.75) is 160 Å². The van der Waals surface area contributed by atoms with Gasteiger partial charge in [0.15, 0.2) is 0 Å². The molecule has 0 heteroatoms. The second-order valence-corrected chi connectivity index (χ2v) is 13.3. The highest BCUT2D eigenvalue weighted by Crippen LogP contribution is 2.56. The van der Waals surface area contributed by atoms with Crippen LogP contribution in [0.3, 0.4) is 0 Å². The second-order valence-electron chi connectivity index (χ2n) is 13.3. The normalized spacial score (nSPS) is 27.8. The summed E-state index contributed by atoms with van der Waals surface area (Å²) in [5, 5.41) is 0. The maximum absolute atomic E-state index is 4.03. The summed E-state index contributed by atoms with van der Waals surface area (Å²) in [6, 6.07) is 0. The number of hydrogen-bond donors (Lipinski definition) is 0. The molecule has 0 heterocycles. The van der Waals surface area contributed by atoms with Crippen molar-refractivity contribution in [2.75, 3.05) is 0 Å². The molecule has 37 heavy (non-hydrogen) atoms. The Morgan fingerprint density at radius 2 is 1.57 bits per heavy atom. The van der Waals surface area contributed by atoms with Crippen molar-refractivity contribution in [3.63, 3.8) is 0 Å². The van der Waals surface area contributed by atoms with Gasteiger partial charge in [-0.2, -0.15) is 0 Å². The molecule has 0 bridgehead atoms. The predicted octanol–water partition coefficient (Wildman–Crippen LogP) is 13.3. The van der Waals surface area contributed by atoms with Crippen LogP contribution in [0.15, 0.2) is 48.6 Å². The summed E-state index contributed by atoms with van der Waals surface area (Å²) in [4.78, 5) is 0. The van der Waals surface area contributed by atoms with E-state index in [9.17, 15) is 0 Å². The van der Waals surface area contributed by atoms with E-state index in [0.29, 0.717) is 10.8 Å². The van der Waals surface area contributed by atoms with E-state index in [0.717, 1.165) is 17.8 Å². The zero-order valence-electron chi connectivity index (χ0n) is 27.6. The van der Waals surface area contributed by atoms with E-state index in [4.69, 9.17) is 0 Å². The molecule has 0 aromatic heterocycles. The molecule has 0 N–H and O–H groups in total. The van der Waals surface area contributed by atoms with Gasteiger partial charge in [-0.25, -0.2) is 0 Å². The molecular formula is C37H70. The quantitative estimate of drug-likeness (QED) is 0.320. The number of fused-ring (bicyclic) bond motifs is 1. The molecule has 0 amide bonds. The Labute approximate surface area is 236 Å². The van der Waals surface area contributed by atoms with Gasteiger partial charge in [0.2, 0.25) is 0 Å². The van der Waals surface area contributed by atoms with E-state index in [1.165, 1.54) is 94.6 Å². The van der Waals surface area contributed by atoms with Gasteiger partial charge in [-0.05, 0) is 92.4 Å². The lowest BCUT2D eigenvalue weighted by Gasteiger charge is -2.40. The van der Waals surface area contributed by atoms with Crippen molar-refractivity contribution in [3.8, 4) is 0 Å². The average molecular weight is 515 g/mol. The van der Waals surface area contributed by atoms with Crippen LogP contribution in [0.5, 0.6) is 0 Å². The lowest BCUT2D eigenvalue weighted by molar-refractivity contribution is 0.101. The molecule has 0 aromatic carbocycles. The average Bonchev–Trinajstić information content (AvgIpc) is 3.18. The van der Waals surface area contributed by atoms with Crippen molar-refractivity contribution in [1.29, 1.82) is 0 Å². The van der Waals surface area contributed by atoms with Gasteiger partial charge in [0.05, 0.1) is 0 Å². The topological polar surface area (TPSA) is 0 Å². The van der Waals surface area contributed by atoms with E-state index >= 15 is 0 Å². The molecule has 3 aliphatic carbocycles. The third-order valence-corrected chi connectivity index (χ3v) is 7.89. The van der Waals surface area contributed by atoms with Gasteiger partial charge >= 0.3 is 0 Å². The zero-order chi connectivity index (χ0) is 28.9. The smallest absolute Gasteiger partial charge is 0.0250 e. The molecule has 0 aromatic rings. The maximum Gasteiger partial charge on any atom is -0.0250 e. The highest BCUT2D eigenvalue weighted by molar-refractivity contribution is 5.33. The Balaban J connectivity index is 0. The Kier molecular flexibility index (Phi) is 22.5. The first kappa shape index (κ1) is 38.1. The van der Waals surface area contributed by atoms with Crippen molar-refractivity contribution in [2.24, 2.45) is 28.6 Å². The molecule has 3 rings (SSSR count). The van der Waals surface area contributed by atoms with Crippen LogP contribution in [-0.2, 0) is 0 Å². The lowest BCUT2D eigenvalue weighted by Crippen LogP contribution is -2.31. The molecule has 0 aliphatic heterocycles. The molecule has 3 saturated carbocycles. The number of allylic oxidation sites excluding steroid dienone is 6. The van der Waals surface area contributed by atoms with E-state index in [1.807, 2.05) is 19.9 Å². The minimum atomic E-state index is 0.500. The third kappa shape index (κ3) is 18.0. The van der Waals surface area contributed by atoms with Crippen LogP contribution in [0, 0.1) is 28.6 Å². The fourth-order valence-corrected chi connectivity index (χ4v) is 5.75. The summed E-state index contributed by atoms with van der Waals surface area (Å²) in [6.07, 6.45) is 26.6. The van der Waals surface area contributed by atoms with Crippen LogP contribution in [0.2, 0.25) is 0 Å². The standard InChI is InChI=1S/C14H24.C11H16.2C5H12.C2H6/c1-3-4-7-12-9-10-13-8-5-6-11-14(12,13)2;1-4-5-11-8-9(2)6-7-10(11)3;1-5(2,3)4;1-3-5-4-2;1-2/h3-4,12-13H,5-11H2,1-2H3;4-5,9H,1,3,6-8H2,2H3;1-4H3;3-5H2,1-2H3;1-2H3/b4-3+;11-5-;;;. The van der Waals surface area contributed by atoms with Crippen molar-refractivity contribution in [1.82, 2.24) is 0 Å². The first-order valence-electron chi connectivity index (χ1n) is 16.0. The summed E-state index contributed by atoms with van der Waals surface area (Å²) in [5.74, 6) is 2.88. The van der Waals surface area contributed by atoms with Gasteiger partial charge in [-0.1, -0.05) is 144 Å². The number of unbranched alkanes of at least 4 members (excludes halogenated alkanes) is 2. The van der Waals surface area contributed by atoms with E-state index in [-0.39, 0.29) is 0 Å². The monoisotopic (exact) mass is 515 g/mol. The number of rotatable bonds is 5. The zero-order valence-corrected chi connectivity index (χ0v) is 27.6. The maximum atomic E-state index is 4.03. The molecule has 0 nitrogen and oxygen atoms in total. The fourth-order valence-electron chi connectivity index (χ4n) is 5.75. The third-order valence-electron chi connectivity index (χ3n) is 7.89. The van der Waals surface area contributed by atoms with Gasteiger partial charge < -0.3 is 0 Å². The highest BCUT2D eigenvalue weighted by atomic mass is 14.5. The van der Waals surface area contributed by atoms with Gasteiger partial charge in [0, 0.05) is 0 Å². The summed E-state index contributed by atoms with van der Waals surface area (Å²) >= 11 is 0. The van der Waals surface area contributed by atoms with E-state index in [1.54, 1.807) is 0 Å². The Morgan fingerprint density at radius 1 is 0.973 bits per heavy atom. The van der Waals surface area contributed by atoms with Gasteiger partial charge in [-0.3, -0.25) is 0 Å². The molecular weight excluding hydrogens is 444 g/mol.